The van der Waals surface area contributed by atoms with Gasteiger partial charge in [-0.1, -0.05) is 49.9 Å². The minimum Gasteiger partial charge on any atom is -0.371 e. The number of hydrogen-bond donors (Lipinski definition) is 2. The summed E-state index contributed by atoms with van der Waals surface area (Å²) in [5.74, 6) is -1.71. The van der Waals surface area contributed by atoms with Gasteiger partial charge in [-0.25, -0.2) is 4.39 Å². The van der Waals surface area contributed by atoms with Crippen LogP contribution in [0, 0.1) is 18.7 Å². The molecule has 5 amide bonds. The van der Waals surface area contributed by atoms with Crippen LogP contribution in [0.3, 0.4) is 0 Å². The van der Waals surface area contributed by atoms with Crippen LogP contribution in [0.15, 0.2) is 60.7 Å². The quantitative estimate of drug-likeness (QED) is 0.131. The zero-order chi connectivity index (χ0) is 45.6. The Morgan fingerprint density at radius 2 is 1.43 bits per heavy atom. The van der Waals surface area contributed by atoms with Gasteiger partial charge in [0.1, 0.15) is 11.9 Å². The average Bonchev–Trinajstić information content (AvgIpc) is 3.85. The Labute approximate surface area is 383 Å². The molecule has 0 saturated carbocycles. The van der Waals surface area contributed by atoms with Gasteiger partial charge in [0.05, 0.1) is 11.1 Å². The summed E-state index contributed by atoms with van der Waals surface area (Å²) in [5.41, 5.74) is 5.83. The third-order valence-electron chi connectivity index (χ3n) is 14.7. The first kappa shape index (κ1) is 46.4. The van der Waals surface area contributed by atoms with Crippen LogP contribution in [0.25, 0.3) is 0 Å². The third-order valence-corrected chi connectivity index (χ3v) is 14.7. The summed E-state index contributed by atoms with van der Waals surface area (Å²) in [6.45, 7) is 11.9. The van der Waals surface area contributed by atoms with Crippen LogP contribution in [-0.2, 0) is 20.9 Å². The molecule has 14 heteroatoms. The number of piperazine rings is 1. The van der Waals surface area contributed by atoms with Crippen LogP contribution in [0.1, 0.15) is 108 Å². The van der Waals surface area contributed by atoms with Crippen molar-refractivity contribution in [1.82, 2.24) is 30.2 Å². The van der Waals surface area contributed by atoms with Crippen LogP contribution in [0.2, 0.25) is 0 Å². The summed E-state index contributed by atoms with van der Waals surface area (Å²) >= 11 is 0. The Morgan fingerprint density at radius 3 is 2.14 bits per heavy atom. The van der Waals surface area contributed by atoms with Gasteiger partial charge in [0.25, 0.3) is 11.8 Å². The molecule has 5 aliphatic rings. The second kappa shape index (κ2) is 21.0. The highest BCUT2D eigenvalue weighted by Crippen LogP contribution is 2.35. The van der Waals surface area contributed by atoms with Crippen molar-refractivity contribution in [2.45, 2.75) is 95.7 Å². The lowest BCUT2D eigenvalue weighted by Crippen LogP contribution is -2.54. The monoisotopic (exact) mass is 891 g/mol. The standard InChI is InChI=1S/C51H67FN8O5/c1-35-11-10-12-44(52)42(35)32-57-33-43(46(34-57)55(2)3)36-13-15-38(16-14-36)59-29-27-56(28-30-59)24-9-7-5-4-6-8-23-53-48(62)37-21-25-58(26-22-37)39-17-18-40-41(31-39)51(65)60(50(40)64)45-19-20-47(61)54-49(45)63/h10-18,31,37,43,45-46H,4-9,19-30,32-34H2,1-3H3,(H,53,62)(H,54,61,63)/t43-,45?,46+/m1/s1. The van der Waals surface area contributed by atoms with E-state index in [4.69, 9.17) is 0 Å². The highest BCUT2D eigenvalue weighted by Gasteiger charge is 2.45. The molecule has 13 nitrogen and oxygen atoms in total. The normalized spacial score (nSPS) is 22.3. The van der Waals surface area contributed by atoms with E-state index in [9.17, 15) is 28.4 Å². The highest BCUT2D eigenvalue weighted by molar-refractivity contribution is 6.23. The fourth-order valence-corrected chi connectivity index (χ4v) is 10.7. The Morgan fingerprint density at radius 1 is 0.754 bits per heavy atom. The number of unbranched alkanes of at least 4 members (excludes halogenated alkanes) is 5. The molecular formula is C51H67FN8O5. The Balaban J connectivity index is 0.669. The molecule has 3 aromatic carbocycles. The molecule has 4 saturated heterocycles. The van der Waals surface area contributed by atoms with Crippen LogP contribution in [0.5, 0.6) is 0 Å². The highest BCUT2D eigenvalue weighted by atomic mass is 19.1. The fraction of sp³-hybridized carbons (Fsp3) is 0.549. The largest absolute Gasteiger partial charge is 0.371 e. The molecule has 3 aromatic rings. The number of rotatable bonds is 17. The number of fused-ring (bicyclic) bond motifs is 1. The van der Waals surface area contributed by atoms with Crippen LogP contribution < -0.4 is 20.4 Å². The van der Waals surface area contributed by atoms with Crippen molar-refractivity contribution in [3.63, 3.8) is 0 Å². The lowest BCUT2D eigenvalue weighted by molar-refractivity contribution is -0.136. The molecule has 2 N–H and O–H groups in total. The van der Waals surface area contributed by atoms with Gasteiger partial charge in [-0.3, -0.25) is 44.0 Å². The number of imide groups is 2. The van der Waals surface area contributed by atoms with E-state index in [0.29, 0.717) is 51.0 Å². The number of nitrogens with zero attached hydrogens (tertiary/aromatic N) is 6. The van der Waals surface area contributed by atoms with Crippen molar-refractivity contribution in [2.75, 3.05) is 89.3 Å². The van der Waals surface area contributed by atoms with E-state index < -0.39 is 29.7 Å². The smallest absolute Gasteiger partial charge is 0.262 e. The van der Waals surface area contributed by atoms with E-state index in [1.165, 1.54) is 36.9 Å². The fourth-order valence-electron chi connectivity index (χ4n) is 10.7. The number of aryl methyl sites for hydroxylation is 1. The zero-order valence-electron chi connectivity index (χ0n) is 38.5. The molecule has 348 valence electrons. The maximum atomic E-state index is 14.7. The summed E-state index contributed by atoms with van der Waals surface area (Å²) in [6.07, 6.45) is 8.55. The molecule has 65 heavy (non-hydrogen) atoms. The lowest BCUT2D eigenvalue weighted by Gasteiger charge is -2.36. The molecule has 3 atom stereocenters. The van der Waals surface area contributed by atoms with Gasteiger partial charge in [-0.15, -0.1) is 0 Å². The number of carbonyl (C=O) groups is 5. The zero-order valence-corrected chi connectivity index (χ0v) is 38.5. The molecule has 0 spiro atoms. The SMILES string of the molecule is Cc1cccc(F)c1CN1C[C@H](c2ccc(N3CCN(CCCCCCCCNC(=O)C4CCN(c5ccc6c(c5)C(=O)N(C5CCC(=O)NC5=O)C6=O)CC4)CC3)cc2)[C@@H](N(C)C)C1. The number of halogens is 1. The van der Waals surface area contributed by atoms with Gasteiger partial charge in [-0.05, 0) is 107 Å². The molecule has 0 aliphatic carbocycles. The first-order valence-electron chi connectivity index (χ1n) is 24.0. The predicted octanol–water partition coefficient (Wildman–Crippen LogP) is 5.56. The molecule has 1 unspecified atom stereocenters. The van der Waals surface area contributed by atoms with Crippen molar-refractivity contribution in [3.8, 4) is 0 Å². The van der Waals surface area contributed by atoms with Gasteiger partial charge >= 0.3 is 0 Å². The molecule has 4 fully saturated rings. The molecule has 5 heterocycles. The van der Waals surface area contributed by atoms with E-state index >= 15 is 0 Å². The van der Waals surface area contributed by atoms with Gasteiger partial charge < -0.3 is 20.0 Å². The third kappa shape index (κ3) is 10.8. The first-order chi connectivity index (χ1) is 31.4. The minimum absolute atomic E-state index is 0.0518. The molecule has 0 bridgehead atoms. The number of hydrogen-bond acceptors (Lipinski definition) is 10. The number of carbonyl (C=O) groups excluding carboxylic acids is 5. The Hall–Kier alpha value is -5.18. The summed E-state index contributed by atoms with van der Waals surface area (Å²) < 4.78 is 14.7. The maximum Gasteiger partial charge on any atom is 0.262 e. The Bertz CT molecular complexity index is 2180. The van der Waals surface area contributed by atoms with E-state index in [1.54, 1.807) is 24.3 Å². The lowest BCUT2D eigenvalue weighted by atomic mass is 9.93. The number of piperidine rings is 2. The van der Waals surface area contributed by atoms with Crippen molar-refractivity contribution < 1.29 is 28.4 Å². The van der Waals surface area contributed by atoms with E-state index in [1.807, 2.05) is 19.1 Å². The van der Waals surface area contributed by atoms with Gasteiger partial charge in [0.15, 0.2) is 0 Å². The number of amides is 5. The number of nitrogens with one attached hydrogen (secondary N) is 2. The van der Waals surface area contributed by atoms with E-state index in [2.05, 4.69) is 73.5 Å². The van der Waals surface area contributed by atoms with Crippen molar-refractivity contribution in [3.05, 3.63) is 94.3 Å². The van der Waals surface area contributed by atoms with Crippen LogP contribution in [-0.4, -0.2) is 141 Å². The van der Waals surface area contributed by atoms with Gasteiger partial charge in [0, 0.05) is 107 Å². The molecule has 5 aliphatic heterocycles. The topological polar surface area (TPSA) is 129 Å². The summed E-state index contributed by atoms with van der Waals surface area (Å²) in [7, 11) is 4.31. The molecule has 8 rings (SSSR count). The number of anilines is 2. The van der Waals surface area contributed by atoms with Crippen LogP contribution in [0.4, 0.5) is 15.8 Å². The first-order valence-corrected chi connectivity index (χ1v) is 24.0. The van der Waals surface area contributed by atoms with Crippen LogP contribution >= 0.6 is 0 Å². The van der Waals surface area contributed by atoms with Crippen molar-refractivity contribution in [2.24, 2.45) is 5.92 Å². The van der Waals surface area contributed by atoms with E-state index in [-0.39, 0.29) is 41.6 Å². The predicted molar refractivity (Wildman–Crippen MR) is 250 cm³/mol. The summed E-state index contributed by atoms with van der Waals surface area (Å²) in [6, 6.07) is 19.2. The van der Waals surface area contributed by atoms with Crippen molar-refractivity contribution >= 4 is 40.9 Å². The second-order valence-electron chi connectivity index (χ2n) is 19.1. The number of likely N-dealkylation sites (tertiary alicyclic amines) is 1. The average molecular weight is 891 g/mol. The Kier molecular flexibility index (Phi) is 15.0. The van der Waals surface area contributed by atoms with Gasteiger partial charge in [-0.2, -0.15) is 0 Å². The van der Waals surface area contributed by atoms with Gasteiger partial charge in [0.2, 0.25) is 17.7 Å². The molecular weight excluding hydrogens is 824 g/mol. The molecule has 0 aromatic heterocycles. The molecule has 0 radical (unpaired) electrons. The number of likely N-dealkylation sites (N-methyl/N-ethyl adjacent to an activating group) is 1. The van der Waals surface area contributed by atoms with Crippen molar-refractivity contribution in [1.29, 1.82) is 0 Å². The number of benzene rings is 3. The minimum atomic E-state index is -0.988. The summed E-state index contributed by atoms with van der Waals surface area (Å²) in [4.78, 5) is 76.4. The summed E-state index contributed by atoms with van der Waals surface area (Å²) in [5, 5.41) is 5.40. The maximum absolute atomic E-state index is 14.7. The van der Waals surface area contributed by atoms with E-state index in [0.717, 1.165) is 80.4 Å². The second-order valence-corrected chi connectivity index (χ2v) is 19.1.